The number of anilines is 1. The molecule has 0 bridgehead atoms. The number of amides is 1. The summed E-state index contributed by atoms with van der Waals surface area (Å²) in [5, 5.41) is 2.71. The van der Waals surface area contributed by atoms with Gasteiger partial charge in [0.1, 0.15) is 0 Å². The van der Waals surface area contributed by atoms with Crippen LogP contribution >= 0.6 is 23.4 Å². The second-order valence-corrected chi connectivity index (χ2v) is 9.72. The van der Waals surface area contributed by atoms with Gasteiger partial charge in [0.2, 0.25) is 10.0 Å². The number of esters is 1. The van der Waals surface area contributed by atoms with Gasteiger partial charge in [0, 0.05) is 24.6 Å². The Labute approximate surface area is 178 Å². The lowest BCUT2D eigenvalue weighted by Crippen LogP contribution is -2.37. The van der Waals surface area contributed by atoms with E-state index in [1.165, 1.54) is 35.7 Å². The van der Waals surface area contributed by atoms with Crippen molar-refractivity contribution in [1.29, 1.82) is 0 Å². The number of nitrogens with one attached hydrogen (secondary N) is 1. The third-order valence-corrected chi connectivity index (χ3v) is 7.54. The maximum Gasteiger partial charge on any atom is 0.339 e. The first-order valence-corrected chi connectivity index (χ1v) is 11.7. The van der Waals surface area contributed by atoms with Crippen LogP contribution in [0.2, 0.25) is 5.02 Å². The number of rotatable bonds is 5. The number of halogens is 1. The van der Waals surface area contributed by atoms with Gasteiger partial charge in [-0.1, -0.05) is 23.7 Å². The van der Waals surface area contributed by atoms with Crippen LogP contribution in [0.3, 0.4) is 0 Å². The topological polar surface area (TPSA) is 92.8 Å². The van der Waals surface area contributed by atoms with Crippen molar-refractivity contribution in [1.82, 2.24) is 4.31 Å². The molecule has 2 aromatic carbocycles. The maximum atomic E-state index is 12.9. The van der Waals surface area contributed by atoms with Gasteiger partial charge >= 0.3 is 5.97 Å². The molecule has 0 aliphatic carbocycles. The van der Waals surface area contributed by atoms with Crippen LogP contribution in [0.25, 0.3) is 0 Å². The van der Waals surface area contributed by atoms with E-state index < -0.39 is 21.9 Å². The van der Waals surface area contributed by atoms with Crippen molar-refractivity contribution in [3.05, 3.63) is 58.6 Å². The molecule has 0 radical (unpaired) electrons. The number of benzene rings is 2. The van der Waals surface area contributed by atoms with Gasteiger partial charge < -0.3 is 10.1 Å². The van der Waals surface area contributed by atoms with Crippen LogP contribution in [0.5, 0.6) is 0 Å². The lowest BCUT2D eigenvalue weighted by molar-refractivity contribution is 0.0602. The monoisotopic (exact) mass is 454 g/mol. The molecular formula is C19H19ClN2O5S2. The summed E-state index contributed by atoms with van der Waals surface area (Å²) in [6.07, 6.45) is 0. The van der Waals surface area contributed by atoms with E-state index >= 15 is 0 Å². The van der Waals surface area contributed by atoms with E-state index in [2.05, 4.69) is 5.32 Å². The van der Waals surface area contributed by atoms with Crippen molar-refractivity contribution in [2.24, 2.45) is 0 Å². The largest absolute Gasteiger partial charge is 0.465 e. The summed E-state index contributed by atoms with van der Waals surface area (Å²) < 4.78 is 31.9. The number of methoxy groups -OCH3 is 1. The quantitative estimate of drug-likeness (QED) is 0.698. The number of sulfonamides is 1. The average molecular weight is 455 g/mol. The molecule has 154 valence electrons. The molecule has 0 aromatic heterocycles. The minimum absolute atomic E-state index is 0.000188. The molecule has 1 amide bonds. The standard InChI is InChI=1S/C19H19ClN2O5S2/c1-27-19(24)14-4-2-3-5-17(14)21-18(23)15-12-13(6-7-16(15)20)29(25,26)22-8-10-28-11-9-22/h2-7,12H,8-11H2,1H3,(H,21,23). The van der Waals surface area contributed by atoms with Crippen molar-refractivity contribution in [3.63, 3.8) is 0 Å². The van der Waals surface area contributed by atoms with E-state index in [-0.39, 0.29) is 26.7 Å². The van der Waals surface area contributed by atoms with Gasteiger partial charge in [-0.05, 0) is 30.3 Å². The molecule has 2 aromatic rings. The van der Waals surface area contributed by atoms with Crippen LogP contribution < -0.4 is 5.32 Å². The number of thioether (sulfide) groups is 1. The van der Waals surface area contributed by atoms with E-state index in [1.807, 2.05) is 0 Å². The highest BCUT2D eigenvalue weighted by molar-refractivity contribution is 7.99. The Morgan fingerprint density at radius 3 is 2.48 bits per heavy atom. The lowest BCUT2D eigenvalue weighted by Gasteiger charge is -2.25. The normalized spacial score (nSPS) is 15.0. The van der Waals surface area contributed by atoms with Gasteiger partial charge in [-0.3, -0.25) is 4.79 Å². The van der Waals surface area contributed by atoms with Gasteiger partial charge in [-0.25, -0.2) is 13.2 Å². The molecule has 7 nitrogen and oxygen atoms in total. The Morgan fingerprint density at radius 2 is 1.79 bits per heavy atom. The zero-order chi connectivity index (χ0) is 21.0. The molecule has 1 heterocycles. The molecule has 3 rings (SSSR count). The average Bonchev–Trinajstić information content (AvgIpc) is 2.74. The number of ether oxygens (including phenoxy) is 1. The van der Waals surface area contributed by atoms with Crippen molar-refractivity contribution in [3.8, 4) is 0 Å². The molecule has 0 atom stereocenters. The van der Waals surface area contributed by atoms with Crippen LogP contribution in [0.4, 0.5) is 5.69 Å². The lowest BCUT2D eigenvalue weighted by atomic mass is 10.1. The Hall–Kier alpha value is -2.07. The second-order valence-electron chi connectivity index (χ2n) is 6.15. The highest BCUT2D eigenvalue weighted by Gasteiger charge is 2.27. The first-order valence-electron chi connectivity index (χ1n) is 8.70. The zero-order valence-corrected chi connectivity index (χ0v) is 17.9. The number of hydrogen-bond acceptors (Lipinski definition) is 6. The number of hydrogen-bond donors (Lipinski definition) is 1. The van der Waals surface area contributed by atoms with Gasteiger partial charge in [0.05, 0.1) is 33.8 Å². The van der Waals surface area contributed by atoms with Gasteiger partial charge in [0.25, 0.3) is 5.91 Å². The summed E-state index contributed by atoms with van der Waals surface area (Å²) >= 11 is 7.86. The number of carbonyl (C=O) groups is 2. The maximum absolute atomic E-state index is 12.9. The minimum atomic E-state index is -3.73. The van der Waals surface area contributed by atoms with Crippen LogP contribution in [-0.4, -0.2) is 56.3 Å². The summed E-state index contributed by atoms with van der Waals surface area (Å²) in [5.74, 6) is 0.221. The molecule has 10 heteroatoms. The summed E-state index contributed by atoms with van der Waals surface area (Å²) in [6.45, 7) is 0.841. The second kappa shape index (κ2) is 9.17. The first-order chi connectivity index (χ1) is 13.8. The van der Waals surface area contributed by atoms with E-state index in [0.717, 1.165) is 11.5 Å². The molecule has 1 N–H and O–H groups in total. The third-order valence-electron chi connectivity index (χ3n) is 4.37. The van der Waals surface area contributed by atoms with Crippen LogP contribution in [0.1, 0.15) is 20.7 Å². The number of carbonyl (C=O) groups excluding carboxylic acids is 2. The summed E-state index contributed by atoms with van der Waals surface area (Å²) in [6, 6.07) is 10.4. The molecule has 0 saturated carbocycles. The molecule has 29 heavy (non-hydrogen) atoms. The highest BCUT2D eigenvalue weighted by atomic mass is 35.5. The Morgan fingerprint density at radius 1 is 1.10 bits per heavy atom. The molecule has 0 spiro atoms. The van der Waals surface area contributed by atoms with E-state index in [9.17, 15) is 18.0 Å². The van der Waals surface area contributed by atoms with Crippen LogP contribution in [0, 0.1) is 0 Å². The van der Waals surface area contributed by atoms with E-state index in [1.54, 1.807) is 30.0 Å². The predicted octanol–water partition coefficient (Wildman–Crippen LogP) is 3.12. The SMILES string of the molecule is COC(=O)c1ccccc1NC(=O)c1cc(S(=O)(=O)N2CCSCC2)ccc1Cl. The van der Waals surface area contributed by atoms with Gasteiger partial charge in [0.15, 0.2) is 0 Å². The number of para-hydroxylation sites is 1. The molecule has 1 fully saturated rings. The van der Waals surface area contributed by atoms with Crippen molar-refractivity contribution in [2.75, 3.05) is 37.0 Å². The molecule has 1 saturated heterocycles. The summed E-state index contributed by atoms with van der Waals surface area (Å²) in [4.78, 5) is 24.7. The first kappa shape index (κ1) is 21.6. The molecule has 1 aliphatic rings. The molecule has 1 aliphatic heterocycles. The third kappa shape index (κ3) is 4.75. The van der Waals surface area contributed by atoms with E-state index in [4.69, 9.17) is 16.3 Å². The van der Waals surface area contributed by atoms with Gasteiger partial charge in [-0.2, -0.15) is 16.1 Å². The van der Waals surface area contributed by atoms with Crippen LogP contribution in [-0.2, 0) is 14.8 Å². The molecular weight excluding hydrogens is 436 g/mol. The summed E-state index contributed by atoms with van der Waals surface area (Å²) in [7, 11) is -2.48. The van der Waals surface area contributed by atoms with Crippen molar-refractivity contribution < 1.29 is 22.7 Å². The van der Waals surface area contributed by atoms with Gasteiger partial charge in [-0.15, -0.1) is 0 Å². The fraction of sp³-hybridized carbons (Fsp3) is 0.263. The molecule has 0 unspecified atom stereocenters. The predicted molar refractivity (Wildman–Crippen MR) is 113 cm³/mol. The Kier molecular flexibility index (Phi) is 6.84. The Balaban J connectivity index is 1.91. The fourth-order valence-electron chi connectivity index (χ4n) is 2.84. The summed E-state index contributed by atoms with van der Waals surface area (Å²) in [5.41, 5.74) is 0.412. The van der Waals surface area contributed by atoms with Crippen molar-refractivity contribution in [2.45, 2.75) is 4.90 Å². The zero-order valence-electron chi connectivity index (χ0n) is 15.6. The minimum Gasteiger partial charge on any atom is -0.465 e. The Bertz CT molecular complexity index is 1040. The number of nitrogens with zero attached hydrogens (tertiary/aromatic N) is 1. The van der Waals surface area contributed by atoms with Crippen LogP contribution in [0.15, 0.2) is 47.4 Å². The van der Waals surface area contributed by atoms with Crippen molar-refractivity contribution >= 4 is 50.9 Å². The fourth-order valence-corrected chi connectivity index (χ4v) is 5.65. The van der Waals surface area contributed by atoms with E-state index in [0.29, 0.717) is 13.1 Å². The highest BCUT2D eigenvalue weighted by Crippen LogP contribution is 2.26. The smallest absolute Gasteiger partial charge is 0.339 e.